The second-order valence-electron chi connectivity index (χ2n) is 12.3. The number of aromatic nitrogens is 1. The Hall–Kier alpha value is -1.80. The molecular formula is C27H37N3O4S. The molecule has 0 radical (unpaired) electrons. The maximum Gasteiger partial charge on any atom is 0.307 e. The number of hydrogen-bond acceptors (Lipinski definition) is 6. The van der Waals surface area contributed by atoms with Crippen LogP contribution in [0.2, 0.25) is 0 Å². The van der Waals surface area contributed by atoms with Gasteiger partial charge in [0.2, 0.25) is 0 Å². The quantitative estimate of drug-likeness (QED) is 0.469. The van der Waals surface area contributed by atoms with Gasteiger partial charge in [-0.1, -0.05) is 13.8 Å². The Morgan fingerprint density at radius 2 is 1.86 bits per heavy atom. The highest BCUT2D eigenvalue weighted by Crippen LogP contribution is 2.56. The van der Waals surface area contributed by atoms with Crippen LogP contribution in [-0.2, 0) is 4.79 Å². The molecule has 5 atom stereocenters. The van der Waals surface area contributed by atoms with Crippen molar-refractivity contribution in [2.45, 2.75) is 69.0 Å². The van der Waals surface area contributed by atoms with Crippen molar-refractivity contribution in [3.8, 4) is 0 Å². The van der Waals surface area contributed by atoms with Crippen LogP contribution in [0.4, 0.5) is 5.82 Å². The molecular weight excluding hydrogens is 462 g/mol. The normalized spacial score (nSPS) is 38.6. The highest BCUT2D eigenvalue weighted by molar-refractivity contribution is 7.99. The van der Waals surface area contributed by atoms with Crippen LogP contribution in [0.25, 0.3) is 0 Å². The van der Waals surface area contributed by atoms with Gasteiger partial charge in [0, 0.05) is 19.1 Å². The number of carboxylic acids is 1. The summed E-state index contributed by atoms with van der Waals surface area (Å²) in [7, 11) is 0. The minimum atomic E-state index is -0.679. The molecule has 35 heavy (non-hydrogen) atoms. The third kappa shape index (κ3) is 4.35. The number of aliphatic carboxylic acids is 1. The highest BCUT2D eigenvalue weighted by atomic mass is 32.2. The van der Waals surface area contributed by atoms with Gasteiger partial charge in [-0.2, -0.15) is 0 Å². The zero-order valence-corrected chi connectivity index (χ0v) is 21.5. The summed E-state index contributed by atoms with van der Waals surface area (Å²) < 4.78 is 0. The van der Waals surface area contributed by atoms with Gasteiger partial charge >= 0.3 is 5.97 Å². The van der Waals surface area contributed by atoms with Gasteiger partial charge in [0.25, 0.3) is 5.91 Å². The van der Waals surface area contributed by atoms with E-state index in [0.717, 1.165) is 68.2 Å². The van der Waals surface area contributed by atoms with Crippen LogP contribution in [-0.4, -0.2) is 57.6 Å². The van der Waals surface area contributed by atoms with Crippen molar-refractivity contribution in [2.24, 2.45) is 41.4 Å². The Morgan fingerprint density at radius 3 is 2.46 bits per heavy atom. The summed E-state index contributed by atoms with van der Waals surface area (Å²) in [6.45, 7) is 5.86. The zero-order chi connectivity index (χ0) is 24.5. The summed E-state index contributed by atoms with van der Waals surface area (Å²) in [6.07, 6.45) is 5.85. The van der Waals surface area contributed by atoms with E-state index in [1.165, 1.54) is 0 Å². The number of piperidine rings is 1. The highest BCUT2D eigenvalue weighted by Gasteiger charge is 2.60. The summed E-state index contributed by atoms with van der Waals surface area (Å²) in [4.78, 5) is 32.0. The lowest BCUT2D eigenvalue weighted by molar-refractivity contribution is -0.139. The molecule has 1 saturated heterocycles. The third-order valence-electron chi connectivity index (χ3n) is 9.37. The SMILES string of the molecule is CC(C)CCSc1nc(N2C[C@@H]3[C@H](C2)[C@H]3C(=O)O)ccc1C(=O)N[C@H]1C2CC3CC1C[C@@](O)(C3)C2. The lowest BCUT2D eigenvalue weighted by Crippen LogP contribution is -2.61. The molecule has 1 amide bonds. The standard InChI is InChI=1S/C27H37N3O4S/c1-14(2)5-6-35-25-18(3-4-21(28-25)30-12-19-20(13-30)22(19)26(32)33)24(31)29-23-16-7-15-8-17(23)11-27(34,9-15)10-16/h3-4,14-17,19-20,22-23,34H,5-13H2,1-2H3,(H,29,31)(H,32,33)/t15?,16?,17?,19-,20+,22+,23-,27+. The Labute approximate surface area is 211 Å². The van der Waals surface area contributed by atoms with Gasteiger partial charge in [-0.25, -0.2) is 4.98 Å². The first kappa shape index (κ1) is 23.6. The van der Waals surface area contributed by atoms with Gasteiger partial charge in [-0.15, -0.1) is 11.8 Å². The van der Waals surface area contributed by atoms with Crippen molar-refractivity contribution in [2.75, 3.05) is 23.7 Å². The minimum absolute atomic E-state index is 0.0456. The number of nitrogens with one attached hydrogen (secondary N) is 1. The number of nitrogens with zero attached hydrogens (tertiary/aromatic N) is 2. The molecule has 0 spiro atoms. The first-order chi connectivity index (χ1) is 16.7. The molecule has 4 bridgehead atoms. The lowest BCUT2D eigenvalue weighted by Gasteiger charge is -2.58. The Balaban J connectivity index is 1.18. The fraction of sp³-hybridized carbons (Fsp3) is 0.741. The number of carbonyl (C=O) groups is 2. The van der Waals surface area contributed by atoms with E-state index in [-0.39, 0.29) is 29.7 Å². The number of rotatable bonds is 8. The number of anilines is 1. The molecule has 1 aromatic heterocycles. The summed E-state index contributed by atoms with van der Waals surface area (Å²) >= 11 is 1.65. The largest absolute Gasteiger partial charge is 0.481 e. The first-order valence-electron chi connectivity index (χ1n) is 13.4. The van der Waals surface area contributed by atoms with E-state index in [4.69, 9.17) is 4.98 Å². The molecule has 1 aliphatic heterocycles. The van der Waals surface area contributed by atoms with E-state index in [1.807, 2.05) is 12.1 Å². The van der Waals surface area contributed by atoms with Crippen molar-refractivity contribution in [3.05, 3.63) is 17.7 Å². The molecule has 8 heteroatoms. The molecule has 6 aliphatic rings. The number of hydrogen-bond donors (Lipinski definition) is 3. The molecule has 2 unspecified atom stereocenters. The Kier molecular flexibility index (Phi) is 5.83. The van der Waals surface area contributed by atoms with Crippen LogP contribution in [0.15, 0.2) is 17.2 Å². The van der Waals surface area contributed by atoms with Gasteiger partial charge in [-0.05, 0) is 91.9 Å². The van der Waals surface area contributed by atoms with Crippen molar-refractivity contribution in [3.63, 3.8) is 0 Å². The summed E-state index contributed by atoms with van der Waals surface area (Å²) in [5, 5.41) is 24.4. The van der Waals surface area contributed by atoms with E-state index < -0.39 is 11.6 Å². The van der Waals surface area contributed by atoms with Gasteiger partial charge in [-0.3, -0.25) is 9.59 Å². The van der Waals surface area contributed by atoms with Crippen LogP contribution < -0.4 is 10.2 Å². The number of pyridine rings is 1. The molecule has 0 aromatic carbocycles. The average molecular weight is 500 g/mol. The van der Waals surface area contributed by atoms with Crippen LogP contribution in [0, 0.1) is 41.4 Å². The number of aliphatic hydroxyl groups is 1. The number of thioether (sulfide) groups is 1. The van der Waals surface area contributed by atoms with Crippen LogP contribution in [0.5, 0.6) is 0 Å². The molecule has 5 aliphatic carbocycles. The maximum absolute atomic E-state index is 13.5. The third-order valence-corrected chi connectivity index (χ3v) is 10.4. The summed E-state index contributed by atoms with van der Waals surface area (Å²) in [5.74, 6) is 3.22. The van der Waals surface area contributed by atoms with E-state index in [9.17, 15) is 19.8 Å². The molecule has 7 nitrogen and oxygen atoms in total. The summed E-state index contributed by atoms with van der Waals surface area (Å²) in [5.41, 5.74) is 0.136. The topological polar surface area (TPSA) is 103 Å². The monoisotopic (exact) mass is 499 g/mol. The van der Waals surface area contributed by atoms with E-state index in [0.29, 0.717) is 29.2 Å². The molecule has 1 aromatic rings. The lowest BCUT2D eigenvalue weighted by atomic mass is 9.52. The molecule has 5 saturated carbocycles. The van der Waals surface area contributed by atoms with Gasteiger partial charge in [0.1, 0.15) is 10.8 Å². The minimum Gasteiger partial charge on any atom is -0.481 e. The number of amides is 1. The number of carbonyl (C=O) groups excluding carboxylic acids is 1. The van der Waals surface area contributed by atoms with Crippen molar-refractivity contribution < 1.29 is 19.8 Å². The predicted octanol–water partition coefficient (Wildman–Crippen LogP) is 3.66. The van der Waals surface area contributed by atoms with Crippen LogP contribution in [0.1, 0.15) is 62.7 Å². The van der Waals surface area contributed by atoms with Crippen molar-refractivity contribution in [1.29, 1.82) is 0 Å². The maximum atomic E-state index is 13.5. The second-order valence-corrected chi connectivity index (χ2v) is 13.4. The number of fused-ring (bicyclic) bond motifs is 1. The molecule has 190 valence electrons. The molecule has 7 rings (SSSR count). The van der Waals surface area contributed by atoms with E-state index in [1.54, 1.807) is 11.8 Å². The predicted molar refractivity (Wildman–Crippen MR) is 134 cm³/mol. The number of carboxylic acid groups (broad SMARTS) is 1. The van der Waals surface area contributed by atoms with Crippen LogP contribution in [0.3, 0.4) is 0 Å². The van der Waals surface area contributed by atoms with Crippen LogP contribution >= 0.6 is 11.8 Å². The molecule has 3 N–H and O–H groups in total. The van der Waals surface area contributed by atoms with Crippen molar-refractivity contribution in [1.82, 2.24) is 10.3 Å². The fourth-order valence-electron chi connectivity index (χ4n) is 7.81. The molecule has 6 fully saturated rings. The first-order valence-corrected chi connectivity index (χ1v) is 14.3. The summed E-state index contributed by atoms with van der Waals surface area (Å²) in [6, 6.07) is 3.99. The zero-order valence-electron chi connectivity index (χ0n) is 20.7. The van der Waals surface area contributed by atoms with E-state index in [2.05, 4.69) is 24.1 Å². The average Bonchev–Trinajstić information content (AvgIpc) is 3.29. The van der Waals surface area contributed by atoms with Gasteiger partial charge in [0.05, 0.1) is 17.1 Å². The van der Waals surface area contributed by atoms with Gasteiger partial charge in [0.15, 0.2) is 0 Å². The second kappa shape index (κ2) is 8.65. The fourth-order valence-corrected chi connectivity index (χ4v) is 9.06. The Morgan fingerprint density at radius 1 is 1.17 bits per heavy atom. The van der Waals surface area contributed by atoms with Crippen molar-refractivity contribution >= 4 is 29.5 Å². The van der Waals surface area contributed by atoms with E-state index >= 15 is 0 Å². The Bertz CT molecular complexity index is 1000. The van der Waals surface area contributed by atoms with Gasteiger partial charge < -0.3 is 20.4 Å². The molecule has 2 heterocycles. The smallest absolute Gasteiger partial charge is 0.307 e.